The number of carbonyl (C=O) groups is 1. The Hall–Kier alpha value is -3.33. The largest absolute Gasteiger partial charge is 0.365 e. The van der Waals surface area contributed by atoms with Crippen LogP contribution in [-0.2, 0) is 6.54 Å². The van der Waals surface area contributed by atoms with Gasteiger partial charge < -0.3 is 15.2 Å². The number of fused-ring (bicyclic) bond motifs is 1. The number of carbonyl (C=O) groups excluding carboxylic acids is 1. The van der Waals surface area contributed by atoms with E-state index in [9.17, 15) is 14.0 Å². The average molecular weight is 413 g/mol. The highest BCUT2D eigenvalue weighted by molar-refractivity contribution is 5.92. The van der Waals surface area contributed by atoms with Crippen molar-refractivity contribution in [2.24, 2.45) is 0 Å². The molecule has 1 saturated heterocycles. The molecule has 3 aromatic rings. The second kappa shape index (κ2) is 8.19. The zero-order chi connectivity index (χ0) is 23.8. The van der Waals surface area contributed by atoms with Crippen molar-refractivity contribution in [1.82, 2.24) is 25.2 Å². The Labute approximate surface area is 177 Å². The van der Waals surface area contributed by atoms with Gasteiger partial charge in [0.1, 0.15) is 5.69 Å². The first kappa shape index (κ1) is 16.5. The maximum atomic E-state index is 14.6. The lowest BCUT2D eigenvalue weighted by Crippen LogP contribution is -2.46. The van der Waals surface area contributed by atoms with Gasteiger partial charge in [0.25, 0.3) is 11.5 Å². The van der Waals surface area contributed by atoms with E-state index in [2.05, 4.69) is 19.9 Å². The number of anilines is 1. The van der Waals surface area contributed by atoms with Crippen molar-refractivity contribution in [3.05, 3.63) is 63.6 Å². The van der Waals surface area contributed by atoms with Crippen molar-refractivity contribution in [1.29, 1.82) is 0 Å². The molecule has 0 bridgehead atoms. The minimum absolute atomic E-state index is 0.132. The van der Waals surface area contributed by atoms with E-state index in [4.69, 9.17) is 4.11 Å². The molecule has 1 aliphatic heterocycles. The number of aromatic nitrogens is 3. The molecule has 4 rings (SSSR count). The molecular weight excluding hydrogens is 387 g/mol. The van der Waals surface area contributed by atoms with Gasteiger partial charge in [0.2, 0.25) is 5.95 Å². The Morgan fingerprint density at radius 2 is 2.10 bits per heavy atom. The number of aromatic amines is 1. The Morgan fingerprint density at radius 1 is 1.30 bits per heavy atom. The number of hydrogen-bond acceptors (Lipinski definition) is 6. The second-order valence-corrected chi connectivity index (χ2v) is 7.28. The molecule has 1 fully saturated rings. The average Bonchev–Trinajstić information content (AvgIpc) is 2.74. The maximum Gasteiger partial charge on any atom is 0.269 e. The zero-order valence-electron chi connectivity index (χ0n) is 19.4. The SMILES string of the molecule is [2H]C([2H])([2H])NC(=O)c1ccc(N2CCN(Cc3cnc4cc(C)c(=O)[nH]c4c3)CC2)c(F)n1. The minimum Gasteiger partial charge on any atom is -0.365 e. The quantitative estimate of drug-likeness (QED) is 0.629. The molecule has 1 amide bonds. The first-order chi connectivity index (χ1) is 15.6. The summed E-state index contributed by atoms with van der Waals surface area (Å²) < 4.78 is 35.8. The first-order valence-electron chi connectivity index (χ1n) is 11.0. The van der Waals surface area contributed by atoms with Crippen LogP contribution < -0.4 is 15.8 Å². The summed E-state index contributed by atoms with van der Waals surface area (Å²) in [5, 5.41) is 1.79. The van der Waals surface area contributed by atoms with Crippen LogP contribution in [0.3, 0.4) is 0 Å². The highest BCUT2D eigenvalue weighted by Gasteiger charge is 2.21. The number of H-pyrrole nitrogens is 1. The molecule has 156 valence electrons. The van der Waals surface area contributed by atoms with Gasteiger partial charge in [-0.15, -0.1) is 0 Å². The van der Waals surface area contributed by atoms with Gasteiger partial charge in [0.05, 0.1) is 16.7 Å². The predicted molar refractivity (Wildman–Crippen MR) is 112 cm³/mol. The molecule has 8 nitrogen and oxygen atoms in total. The highest BCUT2D eigenvalue weighted by atomic mass is 19.1. The van der Waals surface area contributed by atoms with Crippen molar-refractivity contribution in [3.8, 4) is 0 Å². The van der Waals surface area contributed by atoms with E-state index in [-0.39, 0.29) is 16.9 Å². The molecule has 0 spiro atoms. The van der Waals surface area contributed by atoms with E-state index in [1.807, 2.05) is 11.0 Å². The van der Waals surface area contributed by atoms with Gasteiger partial charge >= 0.3 is 0 Å². The Morgan fingerprint density at radius 3 is 2.83 bits per heavy atom. The topological polar surface area (TPSA) is 94.2 Å². The minimum atomic E-state index is -2.67. The van der Waals surface area contributed by atoms with Crippen LogP contribution >= 0.6 is 0 Å². The van der Waals surface area contributed by atoms with E-state index in [1.165, 1.54) is 12.1 Å². The molecule has 0 saturated carbocycles. The molecule has 0 unspecified atom stereocenters. The summed E-state index contributed by atoms with van der Waals surface area (Å²) >= 11 is 0. The summed E-state index contributed by atoms with van der Waals surface area (Å²) in [7, 11) is 0. The Bertz CT molecular complexity index is 1250. The molecule has 2 N–H and O–H groups in total. The summed E-state index contributed by atoms with van der Waals surface area (Å²) in [5.41, 5.74) is 2.85. The molecular formula is C21H23FN6O2. The summed E-state index contributed by atoms with van der Waals surface area (Å²) in [4.78, 5) is 38.7. The fourth-order valence-electron chi connectivity index (χ4n) is 3.57. The fraction of sp³-hybridized carbons (Fsp3) is 0.333. The molecule has 1 aliphatic rings. The lowest BCUT2D eigenvalue weighted by molar-refractivity contribution is 0.0957. The van der Waals surface area contributed by atoms with E-state index in [1.54, 1.807) is 24.5 Å². The van der Waals surface area contributed by atoms with Crippen LogP contribution in [0.2, 0.25) is 0 Å². The van der Waals surface area contributed by atoms with Gasteiger partial charge in [-0.25, -0.2) is 4.98 Å². The Kier molecular flexibility index (Phi) is 4.50. The summed E-state index contributed by atoms with van der Waals surface area (Å²) in [5.74, 6) is -1.77. The second-order valence-electron chi connectivity index (χ2n) is 7.28. The van der Waals surface area contributed by atoms with Crippen LogP contribution in [0, 0.1) is 12.9 Å². The maximum absolute atomic E-state index is 14.6. The Balaban J connectivity index is 1.39. The number of piperazine rings is 1. The molecule has 4 heterocycles. The smallest absolute Gasteiger partial charge is 0.269 e. The van der Waals surface area contributed by atoms with Crippen LogP contribution in [-0.4, -0.2) is 58.9 Å². The molecule has 0 atom stereocenters. The third-order valence-electron chi connectivity index (χ3n) is 5.23. The number of nitrogens with zero attached hydrogens (tertiary/aromatic N) is 4. The van der Waals surface area contributed by atoms with Gasteiger partial charge in [-0.05, 0) is 36.8 Å². The number of pyridine rings is 3. The van der Waals surface area contributed by atoms with Crippen LogP contribution in [0.15, 0.2) is 35.3 Å². The summed E-state index contributed by atoms with van der Waals surface area (Å²) in [6, 6.07) is 6.44. The third kappa shape index (κ3) is 4.02. The van der Waals surface area contributed by atoms with Crippen LogP contribution in [0.4, 0.5) is 10.1 Å². The molecule has 30 heavy (non-hydrogen) atoms. The number of amides is 1. The molecule has 0 aromatic carbocycles. The summed E-state index contributed by atoms with van der Waals surface area (Å²) in [6.07, 6.45) is 1.79. The van der Waals surface area contributed by atoms with Crippen molar-refractivity contribution >= 4 is 22.6 Å². The number of rotatable bonds is 4. The molecule has 0 aliphatic carbocycles. The normalized spacial score (nSPS) is 16.7. The number of halogens is 1. The van der Waals surface area contributed by atoms with Crippen LogP contribution in [0.25, 0.3) is 11.0 Å². The van der Waals surface area contributed by atoms with Gasteiger partial charge in [0, 0.05) is 55.6 Å². The van der Waals surface area contributed by atoms with Crippen molar-refractivity contribution in [3.63, 3.8) is 0 Å². The number of aryl methyl sites for hydroxylation is 1. The van der Waals surface area contributed by atoms with E-state index in [0.29, 0.717) is 43.8 Å². The molecule has 9 heteroatoms. The molecule has 3 aromatic heterocycles. The predicted octanol–water partition coefficient (Wildman–Crippen LogP) is 1.45. The van der Waals surface area contributed by atoms with Crippen LogP contribution in [0.1, 0.15) is 25.7 Å². The third-order valence-corrected chi connectivity index (χ3v) is 5.23. The lowest BCUT2D eigenvalue weighted by Gasteiger charge is -2.36. The zero-order valence-corrected chi connectivity index (χ0v) is 16.4. The van der Waals surface area contributed by atoms with Crippen molar-refractivity contribution in [2.45, 2.75) is 13.5 Å². The fourth-order valence-corrected chi connectivity index (χ4v) is 3.57. The monoisotopic (exact) mass is 413 g/mol. The standard InChI is InChI=1S/C21H23FN6O2/c1-13-9-16-17(26-20(13)29)10-14(11-24-16)12-27-5-7-28(8-6-27)18-4-3-15(21(30)23-2)25-19(18)22/h3-4,9-11H,5-8,12H2,1-2H3,(H,23,30)(H,26,29)/i2D3. The number of nitrogens with one attached hydrogen (secondary N) is 2. The summed E-state index contributed by atoms with van der Waals surface area (Å²) in [6.45, 7) is 2.16. The van der Waals surface area contributed by atoms with E-state index < -0.39 is 18.8 Å². The van der Waals surface area contributed by atoms with Gasteiger partial charge in [0.15, 0.2) is 0 Å². The molecule has 0 radical (unpaired) electrons. The first-order valence-corrected chi connectivity index (χ1v) is 9.54. The van der Waals surface area contributed by atoms with E-state index >= 15 is 0 Å². The van der Waals surface area contributed by atoms with Gasteiger partial charge in [-0.2, -0.15) is 4.39 Å². The van der Waals surface area contributed by atoms with Crippen molar-refractivity contribution < 1.29 is 13.3 Å². The van der Waals surface area contributed by atoms with Crippen LogP contribution in [0.5, 0.6) is 0 Å². The van der Waals surface area contributed by atoms with Crippen molar-refractivity contribution in [2.75, 3.05) is 38.1 Å². The van der Waals surface area contributed by atoms with Gasteiger partial charge in [-0.1, -0.05) is 0 Å². The van der Waals surface area contributed by atoms with Gasteiger partial charge in [-0.3, -0.25) is 19.5 Å². The van der Waals surface area contributed by atoms with E-state index in [0.717, 1.165) is 11.1 Å². The lowest BCUT2D eigenvalue weighted by atomic mass is 10.2. The highest BCUT2D eigenvalue weighted by Crippen LogP contribution is 2.21. The number of hydrogen-bond donors (Lipinski definition) is 2.